The normalized spacial score (nSPS) is 15.2. The summed E-state index contributed by atoms with van der Waals surface area (Å²) in [5.41, 5.74) is 5.88. The minimum Gasteiger partial charge on any atom is -0.318 e. The van der Waals surface area contributed by atoms with Gasteiger partial charge in [-0.15, -0.1) is 0 Å². The number of imide groups is 1. The number of rotatable bonds is 4. The van der Waals surface area contributed by atoms with E-state index in [1.165, 1.54) is 4.90 Å². The lowest BCUT2D eigenvalue weighted by Gasteiger charge is -2.14. The molecule has 0 bridgehead atoms. The van der Waals surface area contributed by atoms with Crippen LogP contribution in [0.4, 0.5) is 4.79 Å². The van der Waals surface area contributed by atoms with Gasteiger partial charge < -0.3 is 4.57 Å². The van der Waals surface area contributed by atoms with Crippen LogP contribution in [0.15, 0.2) is 71.6 Å². The number of carbonyl (C=O) groups excluding carboxylic acids is 2. The molecule has 5 rings (SSSR count). The summed E-state index contributed by atoms with van der Waals surface area (Å²) in [6.07, 6.45) is 1.83. The Morgan fingerprint density at radius 1 is 0.941 bits per heavy atom. The van der Waals surface area contributed by atoms with Gasteiger partial charge in [-0.1, -0.05) is 60.1 Å². The fourth-order valence-corrected chi connectivity index (χ4v) is 5.52. The Morgan fingerprint density at radius 3 is 2.50 bits per heavy atom. The summed E-state index contributed by atoms with van der Waals surface area (Å²) in [4.78, 5) is 27.8. The number of fused-ring (bicyclic) bond motifs is 1. The molecule has 0 radical (unpaired) electrons. The predicted molar refractivity (Wildman–Crippen MR) is 140 cm³/mol. The molecule has 4 nitrogen and oxygen atoms in total. The van der Waals surface area contributed by atoms with Crippen molar-refractivity contribution in [1.29, 1.82) is 0 Å². The fourth-order valence-electron chi connectivity index (χ4n) is 4.52. The first-order valence-corrected chi connectivity index (χ1v) is 12.2. The Morgan fingerprint density at radius 2 is 1.68 bits per heavy atom. The van der Waals surface area contributed by atoms with Crippen molar-refractivity contribution in [2.45, 2.75) is 27.3 Å². The zero-order valence-electron chi connectivity index (χ0n) is 19.1. The summed E-state index contributed by atoms with van der Waals surface area (Å²) in [5.74, 6) is -0.258. The molecule has 2 amide bonds. The lowest BCUT2D eigenvalue weighted by Crippen LogP contribution is -2.27. The van der Waals surface area contributed by atoms with Gasteiger partial charge in [-0.25, -0.2) is 0 Å². The molecule has 1 saturated heterocycles. The van der Waals surface area contributed by atoms with Crippen molar-refractivity contribution in [3.63, 3.8) is 0 Å². The lowest BCUT2D eigenvalue weighted by molar-refractivity contribution is -0.123. The van der Waals surface area contributed by atoms with E-state index in [1.807, 2.05) is 93.6 Å². The van der Waals surface area contributed by atoms with Crippen molar-refractivity contribution < 1.29 is 9.59 Å². The van der Waals surface area contributed by atoms with Gasteiger partial charge in [-0.3, -0.25) is 14.5 Å². The van der Waals surface area contributed by atoms with Crippen LogP contribution in [-0.2, 0) is 11.3 Å². The van der Waals surface area contributed by atoms with E-state index in [2.05, 4.69) is 4.57 Å². The van der Waals surface area contributed by atoms with Gasteiger partial charge in [-0.2, -0.15) is 0 Å². The number of amides is 2. The Kier molecular flexibility index (Phi) is 5.84. The Labute approximate surface area is 207 Å². The van der Waals surface area contributed by atoms with E-state index in [4.69, 9.17) is 11.6 Å². The van der Waals surface area contributed by atoms with Crippen LogP contribution >= 0.6 is 23.4 Å². The average Bonchev–Trinajstić information content (AvgIpc) is 3.25. The minimum absolute atomic E-state index is 0.247. The van der Waals surface area contributed by atoms with Crippen molar-refractivity contribution in [1.82, 2.24) is 9.47 Å². The van der Waals surface area contributed by atoms with Gasteiger partial charge in [0.1, 0.15) is 0 Å². The van der Waals surface area contributed by atoms with Crippen LogP contribution < -0.4 is 0 Å². The van der Waals surface area contributed by atoms with Crippen LogP contribution in [0.5, 0.6) is 0 Å². The molecule has 3 aromatic carbocycles. The van der Waals surface area contributed by atoms with E-state index in [9.17, 15) is 9.59 Å². The molecule has 6 heteroatoms. The first-order chi connectivity index (χ1) is 16.3. The first kappa shape index (κ1) is 22.5. The molecular weight excluding hydrogens is 464 g/mol. The smallest absolute Gasteiger partial charge is 0.293 e. The predicted octanol–water partition coefficient (Wildman–Crippen LogP) is 7.45. The number of thioether (sulfide) groups is 1. The number of aromatic nitrogens is 1. The van der Waals surface area contributed by atoms with E-state index in [0.29, 0.717) is 9.93 Å². The monoisotopic (exact) mass is 486 g/mol. The van der Waals surface area contributed by atoms with Gasteiger partial charge in [0.15, 0.2) is 0 Å². The van der Waals surface area contributed by atoms with Crippen LogP contribution in [0.3, 0.4) is 0 Å². The third-order valence-electron chi connectivity index (χ3n) is 6.32. The Hall–Kier alpha value is -3.28. The highest BCUT2D eigenvalue weighted by molar-refractivity contribution is 8.18. The molecule has 4 aromatic rings. The molecule has 1 aliphatic rings. The zero-order valence-corrected chi connectivity index (χ0v) is 20.7. The van der Waals surface area contributed by atoms with Gasteiger partial charge in [0.25, 0.3) is 11.1 Å². The Balaban J connectivity index is 1.47. The number of carbonyl (C=O) groups is 2. The van der Waals surface area contributed by atoms with Crippen LogP contribution in [0.25, 0.3) is 22.5 Å². The lowest BCUT2D eigenvalue weighted by atomic mass is 10.0. The summed E-state index contributed by atoms with van der Waals surface area (Å²) in [7, 11) is 0. The maximum Gasteiger partial charge on any atom is 0.293 e. The number of hydrogen-bond acceptors (Lipinski definition) is 3. The van der Waals surface area contributed by atoms with E-state index in [-0.39, 0.29) is 17.7 Å². The van der Waals surface area contributed by atoms with E-state index < -0.39 is 0 Å². The van der Waals surface area contributed by atoms with Gasteiger partial charge in [-0.05, 0) is 84.3 Å². The van der Waals surface area contributed by atoms with Crippen molar-refractivity contribution in [3.05, 3.63) is 105 Å². The quantitative estimate of drug-likeness (QED) is 0.281. The van der Waals surface area contributed by atoms with Crippen LogP contribution in [-0.4, -0.2) is 20.6 Å². The van der Waals surface area contributed by atoms with Gasteiger partial charge in [0.05, 0.1) is 11.4 Å². The SMILES string of the molecule is Cc1c(Cl)cccc1-n1c(C)cc(/C=C2/SC(=O)N(Cc3cccc4ccccc34)C2=O)c1C. The molecule has 0 N–H and O–H groups in total. The molecule has 0 unspecified atom stereocenters. The number of halogens is 1. The standard InChI is InChI=1S/C28H23ClN2O2S/c1-17-14-22(19(3)31(17)25-13-7-12-24(29)18(25)2)15-26-27(32)30(28(33)34-26)16-21-10-6-9-20-8-4-5-11-23(20)21/h4-15H,16H2,1-3H3/b26-15+. The molecule has 170 valence electrons. The van der Waals surface area contributed by atoms with E-state index in [1.54, 1.807) is 0 Å². The van der Waals surface area contributed by atoms with Crippen molar-refractivity contribution in [3.8, 4) is 5.69 Å². The highest BCUT2D eigenvalue weighted by Gasteiger charge is 2.35. The number of nitrogens with zero attached hydrogens (tertiary/aromatic N) is 2. The molecule has 0 aliphatic carbocycles. The molecule has 0 saturated carbocycles. The number of benzene rings is 3. The second-order valence-electron chi connectivity index (χ2n) is 8.45. The third kappa shape index (κ3) is 3.85. The number of hydrogen-bond donors (Lipinski definition) is 0. The van der Waals surface area contributed by atoms with Crippen LogP contribution in [0, 0.1) is 20.8 Å². The van der Waals surface area contributed by atoms with E-state index >= 15 is 0 Å². The van der Waals surface area contributed by atoms with Crippen molar-refractivity contribution in [2.75, 3.05) is 0 Å². The molecule has 2 heterocycles. The summed E-state index contributed by atoms with van der Waals surface area (Å²) in [6.45, 7) is 6.29. The maximum atomic E-state index is 13.2. The summed E-state index contributed by atoms with van der Waals surface area (Å²) < 4.78 is 2.13. The fraction of sp³-hybridized carbons (Fsp3) is 0.143. The molecule has 1 aliphatic heterocycles. The van der Waals surface area contributed by atoms with Crippen LogP contribution in [0.2, 0.25) is 5.02 Å². The molecule has 0 atom stereocenters. The highest BCUT2D eigenvalue weighted by Crippen LogP contribution is 2.36. The minimum atomic E-state index is -0.258. The maximum absolute atomic E-state index is 13.2. The average molecular weight is 487 g/mol. The van der Waals surface area contributed by atoms with Crippen molar-refractivity contribution >= 4 is 51.4 Å². The molecule has 34 heavy (non-hydrogen) atoms. The summed E-state index contributed by atoms with van der Waals surface area (Å²) in [6, 6.07) is 21.8. The van der Waals surface area contributed by atoms with Gasteiger partial charge in [0.2, 0.25) is 0 Å². The molecule has 0 spiro atoms. The largest absolute Gasteiger partial charge is 0.318 e. The molecule has 1 fully saturated rings. The van der Waals surface area contributed by atoms with Crippen LogP contribution in [0.1, 0.15) is 28.1 Å². The topological polar surface area (TPSA) is 42.3 Å². The highest BCUT2D eigenvalue weighted by atomic mass is 35.5. The van der Waals surface area contributed by atoms with E-state index in [0.717, 1.165) is 56.3 Å². The van der Waals surface area contributed by atoms with Gasteiger partial charge >= 0.3 is 0 Å². The van der Waals surface area contributed by atoms with Crippen molar-refractivity contribution in [2.24, 2.45) is 0 Å². The third-order valence-corrected chi connectivity index (χ3v) is 7.64. The zero-order chi connectivity index (χ0) is 24.0. The molecular formula is C28H23ClN2O2S. The Bertz CT molecular complexity index is 1500. The second-order valence-corrected chi connectivity index (χ2v) is 9.85. The first-order valence-electron chi connectivity index (χ1n) is 11.0. The summed E-state index contributed by atoms with van der Waals surface area (Å²) >= 11 is 7.35. The molecule has 1 aromatic heterocycles. The van der Waals surface area contributed by atoms with Gasteiger partial charge in [0, 0.05) is 22.1 Å². The number of aryl methyl sites for hydroxylation is 1. The summed E-state index contributed by atoms with van der Waals surface area (Å²) in [5, 5.41) is 2.60. The second kappa shape index (κ2) is 8.82.